The van der Waals surface area contributed by atoms with Crippen molar-refractivity contribution in [3.8, 4) is 0 Å². The third-order valence-electron chi connectivity index (χ3n) is 6.43. The van der Waals surface area contributed by atoms with Crippen LogP contribution in [0.25, 0.3) is 0 Å². The largest absolute Gasteiger partial charge is 0.394 e. The van der Waals surface area contributed by atoms with Crippen LogP contribution in [-0.4, -0.2) is 132 Å². The van der Waals surface area contributed by atoms with Crippen LogP contribution < -0.4 is 11.1 Å². The summed E-state index contributed by atoms with van der Waals surface area (Å²) in [6.07, 6.45) is -4.36. The standard InChI is InChI=1S/C18H30N4O8/c19-6-10(7-23)22-12(24)5-11(16(22)27)28-8-18-9-29-17(30-18)13(14(25)15(18)26)21-3-1-20-2-4-21/h10-11,13-15,17,20,23,25-26H,1-9,19H2/t10?,11?,13-,14-,15-,17-,18+/m1/s1. The minimum Gasteiger partial charge on any atom is -0.394 e. The van der Waals surface area contributed by atoms with Crippen LogP contribution in [0.5, 0.6) is 0 Å². The smallest absolute Gasteiger partial charge is 0.259 e. The number of ether oxygens (including phenoxy) is 3. The van der Waals surface area contributed by atoms with Gasteiger partial charge in [0.2, 0.25) is 5.91 Å². The van der Waals surface area contributed by atoms with E-state index in [4.69, 9.17) is 19.9 Å². The molecule has 4 heterocycles. The zero-order chi connectivity index (χ0) is 21.5. The fraction of sp³-hybridized carbons (Fsp3) is 0.889. The number of imide groups is 1. The molecular weight excluding hydrogens is 400 g/mol. The number of likely N-dealkylation sites (tertiary alicyclic amines) is 1. The number of carbonyl (C=O) groups excluding carboxylic acids is 2. The van der Waals surface area contributed by atoms with Crippen molar-refractivity contribution in [2.45, 2.75) is 48.7 Å². The first-order valence-corrected chi connectivity index (χ1v) is 10.3. The van der Waals surface area contributed by atoms with Gasteiger partial charge in [0.15, 0.2) is 6.29 Å². The highest BCUT2D eigenvalue weighted by molar-refractivity contribution is 6.05. The Morgan fingerprint density at radius 2 is 2.03 bits per heavy atom. The van der Waals surface area contributed by atoms with Crippen molar-refractivity contribution in [1.29, 1.82) is 0 Å². The maximum absolute atomic E-state index is 12.6. The molecule has 6 N–H and O–H groups in total. The molecule has 2 unspecified atom stereocenters. The first-order valence-electron chi connectivity index (χ1n) is 10.3. The van der Waals surface area contributed by atoms with E-state index in [1.165, 1.54) is 0 Å². The molecule has 170 valence electrons. The Labute approximate surface area is 173 Å². The van der Waals surface area contributed by atoms with Gasteiger partial charge in [0.1, 0.15) is 23.9 Å². The number of hydrogen-bond acceptors (Lipinski definition) is 11. The van der Waals surface area contributed by atoms with E-state index in [9.17, 15) is 24.9 Å². The van der Waals surface area contributed by atoms with E-state index >= 15 is 0 Å². The number of nitrogens with one attached hydrogen (secondary N) is 1. The fourth-order valence-electron chi connectivity index (χ4n) is 4.67. The second kappa shape index (κ2) is 8.73. The highest BCUT2D eigenvalue weighted by Crippen LogP contribution is 2.39. The van der Waals surface area contributed by atoms with E-state index < -0.39 is 60.7 Å². The van der Waals surface area contributed by atoms with Crippen LogP contribution in [0.3, 0.4) is 0 Å². The van der Waals surface area contributed by atoms with Gasteiger partial charge in [-0.2, -0.15) is 0 Å². The Hall–Kier alpha value is -1.22. The molecule has 4 aliphatic heterocycles. The van der Waals surface area contributed by atoms with E-state index in [-0.39, 0.29) is 26.2 Å². The summed E-state index contributed by atoms with van der Waals surface area (Å²) in [4.78, 5) is 27.7. The van der Waals surface area contributed by atoms with E-state index in [1.807, 2.05) is 4.90 Å². The molecule has 0 aromatic carbocycles. The third kappa shape index (κ3) is 3.66. The molecule has 0 aromatic rings. The number of fused-ring (bicyclic) bond motifs is 2. The van der Waals surface area contributed by atoms with Crippen LogP contribution in [0.2, 0.25) is 0 Å². The molecule has 4 fully saturated rings. The van der Waals surface area contributed by atoms with Crippen LogP contribution >= 0.6 is 0 Å². The molecule has 2 bridgehead atoms. The normalized spacial score (nSPS) is 40.9. The number of nitrogens with zero attached hydrogens (tertiary/aromatic N) is 2. The van der Waals surface area contributed by atoms with E-state index in [1.54, 1.807) is 0 Å². The molecule has 0 aliphatic carbocycles. The highest BCUT2D eigenvalue weighted by atomic mass is 16.8. The number of piperazine rings is 1. The lowest BCUT2D eigenvalue weighted by atomic mass is 9.87. The average molecular weight is 430 g/mol. The van der Waals surface area contributed by atoms with Gasteiger partial charge in [0, 0.05) is 32.7 Å². The Balaban J connectivity index is 1.41. The first kappa shape index (κ1) is 22.0. The van der Waals surface area contributed by atoms with Gasteiger partial charge in [-0.3, -0.25) is 19.4 Å². The molecule has 0 aromatic heterocycles. The zero-order valence-electron chi connectivity index (χ0n) is 16.7. The topological polar surface area (TPSA) is 167 Å². The quantitative estimate of drug-likeness (QED) is 0.247. The molecule has 30 heavy (non-hydrogen) atoms. The molecule has 2 amide bonds. The number of hydrogen-bond donors (Lipinski definition) is 5. The lowest BCUT2D eigenvalue weighted by Crippen LogP contribution is -2.68. The van der Waals surface area contributed by atoms with Gasteiger partial charge in [0.05, 0.1) is 38.3 Å². The van der Waals surface area contributed by atoms with Gasteiger partial charge in [0.25, 0.3) is 5.91 Å². The Morgan fingerprint density at radius 1 is 1.30 bits per heavy atom. The fourth-order valence-corrected chi connectivity index (χ4v) is 4.67. The van der Waals surface area contributed by atoms with Crippen molar-refractivity contribution in [2.75, 3.05) is 52.5 Å². The first-order chi connectivity index (χ1) is 14.4. The van der Waals surface area contributed by atoms with Crippen molar-refractivity contribution in [2.24, 2.45) is 5.73 Å². The summed E-state index contributed by atoms with van der Waals surface area (Å²) in [6, 6.07) is -1.30. The number of carbonyl (C=O) groups is 2. The molecular formula is C18H30N4O8. The molecule has 4 saturated heterocycles. The summed E-state index contributed by atoms with van der Waals surface area (Å²) in [5.74, 6) is -1.06. The molecule has 7 atom stereocenters. The van der Waals surface area contributed by atoms with E-state index in [0.29, 0.717) is 13.1 Å². The summed E-state index contributed by atoms with van der Waals surface area (Å²) < 4.78 is 17.4. The molecule has 0 saturated carbocycles. The lowest BCUT2D eigenvalue weighted by molar-refractivity contribution is -0.257. The van der Waals surface area contributed by atoms with Gasteiger partial charge in [-0.05, 0) is 0 Å². The molecule has 4 rings (SSSR count). The second-order valence-electron chi connectivity index (χ2n) is 8.25. The number of nitrogens with two attached hydrogens (primary N) is 1. The average Bonchev–Trinajstić information content (AvgIpc) is 3.27. The molecule has 12 heteroatoms. The van der Waals surface area contributed by atoms with Crippen molar-refractivity contribution >= 4 is 11.8 Å². The summed E-state index contributed by atoms with van der Waals surface area (Å²) >= 11 is 0. The highest BCUT2D eigenvalue weighted by Gasteiger charge is 2.61. The van der Waals surface area contributed by atoms with Crippen LogP contribution in [-0.2, 0) is 23.8 Å². The number of aliphatic hydroxyl groups excluding tert-OH is 3. The number of amides is 2. The van der Waals surface area contributed by atoms with Gasteiger partial charge in [-0.1, -0.05) is 0 Å². The molecule has 12 nitrogen and oxygen atoms in total. The SMILES string of the molecule is NCC(CO)N1C(=O)CC(OC[C@@]23CO[C@H](O2)[C@H](N2CCNCC2)[C@@H](O)[C@H]3O)C1=O. The number of rotatable bonds is 7. The predicted octanol–water partition coefficient (Wildman–Crippen LogP) is -4.43. The molecule has 4 aliphatic rings. The number of aliphatic hydroxyl groups is 3. The van der Waals surface area contributed by atoms with Gasteiger partial charge in [-0.15, -0.1) is 0 Å². The molecule has 0 spiro atoms. The maximum atomic E-state index is 12.6. The van der Waals surface area contributed by atoms with Crippen molar-refractivity contribution < 1.29 is 39.1 Å². The van der Waals surface area contributed by atoms with Crippen LogP contribution in [0.4, 0.5) is 0 Å². The second-order valence-corrected chi connectivity index (χ2v) is 8.25. The van der Waals surface area contributed by atoms with E-state index in [0.717, 1.165) is 18.0 Å². The minimum atomic E-state index is -1.32. The zero-order valence-corrected chi connectivity index (χ0v) is 16.7. The van der Waals surface area contributed by atoms with Crippen LogP contribution in [0, 0.1) is 0 Å². The van der Waals surface area contributed by atoms with Gasteiger partial charge in [-0.25, -0.2) is 0 Å². The summed E-state index contributed by atoms with van der Waals surface area (Å²) in [6.45, 7) is 2.23. The Morgan fingerprint density at radius 3 is 2.70 bits per heavy atom. The predicted molar refractivity (Wildman–Crippen MR) is 99.9 cm³/mol. The summed E-state index contributed by atoms with van der Waals surface area (Å²) in [7, 11) is 0. The Bertz CT molecular complexity index is 658. The monoisotopic (exact) mass is 430 g/mol. The van der Waals surface area contributed by atoms with Crippen LogP contribution in [0.1, 0.15) is 6.42 Å². The Kier molecular flexibility index (Phi) is 6.40. The van der Waals surface area contributed by atoms with Crippen LogP contribution in [0.15, 0.2) is 0 Å². The lowest BCUT2D eigenvalue weighted by Gasteiger charge is -2.47. The van der Waals surface area contributed by atoms with E-state index in [2.05, 4.69) is 5.32 Å². The van der Waals surface area contributed by atoms with Crippen molar-refractivity contribution in [3.63, 3.8) is 0 Å². The summed E-state index contributed by atoms with van der Waals surface area (Å²) in [5, 5.41) is 34.2. The van der Waals surface area contributed by atoms with Crippen molar-refractivity contribution in [1.82, 2.24) is 15.1 Å². The van der Waals surface area contributed by atoms with Crippen molar-refractivity contribution in [3.05, 3.63) is 0 Å². The molecule has 0 radical (unpaired) electrons. The summed E-state index contributed by atoms with van der Waals surface area (Å²) in [5.41, 5.74) is 4.20. The van der Waals surface area contributed by atoms with Gasteiger partial charge < -0.3 is 40.6 Å². The maximum Gasteiger partial charge on any atom is 0.259 e. The minimum absolute atomic E-state index is 0.000873. The van der Waals surface area contributed by atoms with Gasteiger partial charge >= 0.3 is 0 Å². The third-order valence-corrected chi connectivity index (χ3v) is 6.43.